The number of methoxy groups -OCH3 is 1. The second-order valence-electron chi connectivity index (χ2n) is 8.17. The van der Waals surface area contributed by atoms with Crippen LogP contribution in [0.2, 0.25) is 0 Å². The van der Waals surface area contributed by atoms with Crippen molar-refractivity contribution in [3.63, 3.8) is 0 Å². The van der Waals surface area contributed by atoms with Gasteiger partial charge in [0.2, 0.25) is 16.9 Å². The van der Waals surface area contributed by atoms with Crippen LogP contribution in [0.1, 0.15) is 12.1 Å². The average Bonchev–Trinajstić information content (AvgIpc) is 3.58. The molecule has 1 unspecified atom stereocenters. The van der Waals surface area contributed by atoms with E-state index in [1.807, 2.05) is 24.4 Å². The van der Waals surface area contributed by atoms with E-state index in [4.69, 9.17) is 4.74 Å². The number of halogens is 1. The van der Waals surface area contributed by atoms with E-state index in [1.165, 1.54) is 23.5 Å². The number of amides is 2. The van der Waals surface area contributed by atoms with Gasteiger partial charge in [-0.1, -0.05) is 12.1 Å². The molecular weight excluding hydrogens is 469 g/mol. The van der Waals surface area contributed by atoms with Gasteiger partial charge in [0.25, 0.3) is 0 Å². The number of ether oxygens (including phenoxy) is 1. The lowest BCUT2D eigenvalue weighted by molar-refractivity contribution is -0.122. The van der Waals surface area contributed by atoms with Gasteiger partial charge in [-0.2, -0.15) is 9.78 Å². The van der Waals surface area contributed by atoms with Crippen molar-refractivity contribution in [3.05, 3.63) is 71.5 Å². The van der Waals surface area contributed by atoms with Gasteiger partial charge >= 0.3 is 0 Å². The minimum Gasteiger partial charge on any atom is -0.495 e. The molecule has 8 nitrogen and oxygen atoms in total. The zero-order valence-electron chi connectivity index (χ0n) is 19.1. The number of nitrogens with one attached hydrogen (secondary N) is 1. The number of carbonyl (C=O) groups is 2. The Morgan fingerprint density at radius 2 is 1.97 bits per heavy atom. The van der Waals surface area contributed by atoms with Crippen molar-refractivity contribution < 1.29 is 18.7 Å². The summed E-state index contributed by atoms with van der Waals surface area (Å²) in [6, 6.07) is 15.1. The number of hydrogen-bond donors (Lipinski definition) is 1. The van der Waals surface area contributed by atoms with Gasteiger partial charge in [-0.25, -0.2) is 9.37 Å². The zero-order chi connectivity index (χ0) is 24.5. The Morgan fingerprint density at radius 3 is 2.74 bits per heavy atom. The van der Waals surface area contributed by atoms with Crippen molar-refractivity contribution in [2.75, 3.05) is 23.9 Å². The number of aryl methyl sites for hydroxylation is 1. The van der Waals surface area contributed by atoms with Crippen LogP contribution in [-0.4, -0.2) is 40.2 Å². The highest BCUT2D eigenvalue weighted by Gasteiger charge is 2.36. The first-order chi connectivity index (χ1) is 16.9. The molecule has 1 aliphatic heterocycles. The topological polar surface area (TPSA) is 89.3 Å². The molecule has 0 spiro atoms. The number of carbonyl (C=O) groups excluding carboxylic acids is 2. The van der Waals surface area contributed by atoms with Crippen LogP contribution in [0.3, 0.4) is 0 Å². The lowest BCUT2D eigenvalue weighted by atomic mass is 10.1. The predicted molar refractivity (Wildman–Crippen MR) is 131 cm³/mol. The third-order valence-electron chi connectivity index (χ3n) is 5.77. The van der Waals surface area contributed by atoms with Crippen molar-refractivity contribution in [3.8, 4) is 22.1 Å². The molecule has 2 aromatic carbocycles. The zero-order valence-corrected chi connectivity index (χ0v) is 19.9. The molecule has 1 atom stereocenters. The first-order valence-corrected chi connectivity index (χ1v) is 11.8. The van der Waals surface area contributed by atoms with Crippen LogP contribution in [0.25, 0.3) is 16.4 Å². The van der Waals surface area contributed by atoms with Crippen molar-refractivity contribution in [2.45, 2.75) is 13.3 Å². The van der Waals surface area contributed by atoms with E-state index in [-0.39, 0.29) is 30.6 Å². The van der Waals surface area contributed by atoms with Gasteiger partial charge in [0, 0.05) is 30.0 Å². The molecule has 4 aromatic rings. The number of hydrogen-bond acceptors (Lipinski definition) is 6. The average molecular weight is 492 g/mol. The monoisotopic (exact) mass is 491 g/mol. The van der Waals surface area contributed by atoms with Crippen molar-refractivity contribution in [1.29, 1.82) is 0 Å². The van der Waals surface area contributed by atoms with Gasteiger partial charge in [0.05, 0.1) is 30.1 Å². The summed E-state index contributed by atoms with van der Waals surface area (Å²) in [5.41, 5.74) is 2.82. The molecule has 1 saturated heterocycles. The summed E-state index contributed by atoms with van der Waals surface area (Å²) < 4.78 is 20.2. The summed E-state index contributed by atoms with van der Waals surface area (Å²) in [6.07, 6.45) is 0.100. The molecule has 10 heteroatoms. The third kappa shape index (κ3) is 4.52. The molecule has 2 amide bonds. The largest absolute Gasteiger partial charge is 0.495 e. The van der Waals surface area contributed by atoms with Gasteiger partial charge in [-0.15, -0.1) is 11.3 Å². The molecule has 35 heavy (non-hydrogen) atoms. The summed E-state index contributed by atoms with van der Waals surface area (Å²) in [5, 5.41) is 9.81. The number of rotatable bonds is 6. The van der Waals surface area contributed by atoms with E-state index in [1.54, 1.807) is 47.0 Å². The summed E-state index contributed by atoms with van der Waals surface area (Å²) in [5.74, 6) is -0.198. The van der Waals surface area contributed by atoms with Crippen LogP contribution < -0.4 is 15.0 Å². The molecular formula is C25H22FN5O3S. The third-order valence-corrected chi connectivity index (χ3v) is 6.58. The number of aromatic nitrogens is 3. The normalized spacial score (nSPS) is 15.5. The Labute approximate surface area is 205 Å². The lowest BCUT2D eigenvalue weighted by Gasteiger charge is -2.19. The van der Waals surface area contributed by atoms with Crippen molar-refractivity contribution >= 4 is 34.7 Å². The summed E-state index contributed by atoms with van der Waals surface area (Å²) in [4.78, 5) is 32.0. The number of nitrogens with zero attached hydrogens (tertiary/aromatic N) is 4. The lowest BCUT2D eigenvalue weighted by Crippen LogP contribution is -2.28. The SMILES string of the molecule is COc1ccccc1N1CC(C(=O)Nc2cc(C)nn2-c2nc(-c3ccc(F)cc3)cs2)CC1=O. The summed E-state index contributed by atoms with van der Waals surface area (Å²) in [6.45, 7) is 2.08. The number of anilines is 2. The van der Waals surface area contributed by atoms with Crippen LogP contribution >= 0.6 is 11.3 Å². The molecule has 0 aliphatic carbocycles. The van der Waals surface area contributed by atoms with E-state index in [9.17, 15) is 14.0 Å². The maximum atomic E-state index is 13.3. The Morgan fingerprint density at radius 1 is 1.20 bits per heavy atom. The van der Waals surface area contributed by atoms with E-state index >= 15 is 0 Å². The quantitative estimate of drug-likeness (QED) is 0.431. The van der Waals surface area contributed by atoms with Gasteiger partial charge in [0.15, 0.2) is 0 Å². The Bertz CT molecular complexity index is 1400. The van der Waals surface area contributed by atoms with Crippen LogP contribution in [0.15, 0.2) is 60.0 Å². The number of para-hydroxylation sites is 2. The van der Waals surface area contributed by atoms with E-state index < -0.39 is 5.92 Å². The van der Waals surface area contributed by atoms with Crippen LogP contribution in [0, 0.1) is 18.7 Å². The Balaban J connectivity index is 1.34. The van der Waals surface area contributed by atoms with Gasteiger partial charge < -0.3 is 15.0 Å². The fourth-order valence-electron chi connectivity index (χ4n) is 4.05. The Kier molecular flexibility index (Phi) is 6.04. The Hall–Kier alpha value is -4.05. The number of thiazole rings is 1. The fraction of sp³-hybridized carbons (Fsp3) is 0.200. The van der Waals surface area contributed by atoms with Crippen LogP contribution in [-0.2, 0) is 9.59 Å². The first kappa shape index (κ1) is 22.7. The van der Waals surface area contributed by atoms with Crippen molar-refractivity contribution in [2.24, 2.45) is 5.92 Å². The van der Waals surface area contributed by atoms with Crippen LogP contribution in [0.4, 0.5) is 15.9 Å². The van der Waals surface area contributed by atoms with E-state index in [0.29, 0.717) is 33.8 Å². The minimum absolute atomic E-state index is 0.100. The summed E-state index contributed by atoms with van der Waals surface area (Å²) in [7, 11) is 1.55. The summed E-state index contributed by atoms with van der Waals surface area (Å²) >= 11 is 1.36. The predicted octanol–water partition coefficient (Wildman–Crippen LogP) is 4.44. The molecule has 2 aromatic heterocycles. The van der Waals surface area contributed by atoms with Gasteiger partial charge in [0.1, 0.15) is 17.4 Å². The van der Waals surface area contributed by atoms with Gasteiger partial charge in [-0.05, 0) is 43.3 Å². The molecule has 0 radical (unpaired) electrons. The highest BCUT2D eigenvalue weighted by atomic mass is 32.1. The minimum atomic E-state index is -0.526. The highest BCUT2D eigenvalue weighted by molar-refractivity contribution is 7.12. The highest BCUT2D eigenvalue weighted by Crippen LogP contribution is 2.33. The molecule has 0 saturated carbocycles. The molecule has 3 heterocycles. The maximum Gasteiger partial charge on any atom is 0.230 e. The van der Waals surface area contributed by atoms with Gasteiger partial charge in [-0.3, -0.25) is 9.59 Å². The van der Waals surface area contributed by atoms with E-state index in [2.05, 4.69) is 15.4 Å². The smallest absolute Gasteiger partial charge is 0.230 e. The van der Waals surface area contributed by atoms with E-state index in [0.717, 1.165) is 5.56 Å². The van der Waals surface area contributed by atoms with Crippen molar-refractivity contribution in [1.82, 2.24) is 14.8 Å². The molecule has 1 aliphatic rings. The van der Waals surface area contributed by atoms with Crippen LogP contribution in [0.5, 0.6) is 5.75 Å². The second-order valence-corrected chi connectivity index (χ2v) is 9.01. The number of benzene rings is 2. The maximum absolute atomic E-state index is 13.3. The standard InChI is InChI=1S/C25H22FN5O3S/c1-15-11-22(31(29-15)25-27-19(14-35-25)16-7-9-18(26)10-8-16)28-24(33)17-12-23(32)30(13-17)20-5-3-4-6-21(20)34-2/h3-11,14,17H,12-13H2,1-2H3,(H,28,33). The second kappa shape index (κ2) is 9.30. The fourth-order valence-corrected chi connectivity index (χ4v) is 4.84. The molecule has 1 N–H and O–H groups in total. The molecule has 0 bridgehead atoms. The molecule has 1 fully saturated rings. The molecule has 178 valence electrons. The molecule has 5 rings (SSSR count). The first-order valence-electron chi connectivity index (χ1n) is 11.0.